The molecule has 0 bridgehead atoms. The molecule has 0 fully saturated rings. The molecule has 0 aromatic heterocycles. The number of ketones is 1. The van der Waals surface area contributed by atoms with Crippen molar-refractivity contribution in [1.82, 2.24) is 0 Å². The Balaban J connectivity index is 2.23. The van der Waals surface area contributed by atoms with Gasteiger partial charge >= 0.3 is 0 Å². The van der Waals surface area contributed by atoms with E-state index in [-0.39, 0.29) is 5.78 Å². The molecular formula is C15H10Cl2O. The normalized spacial score (nSPS) is 10.8. The molecule has 90 valence electrons. The van der Waals surface area contributed by atoms with Crippen LogP contribution in [0.15, 0.2) is 54.6 Å². The Morgan fingerprint density at radius 1 is 0.889 bits per heavy atom. The zero-order valence-electron chi connectivity index (χ0n) is 9.44. The fourth-order valence-corrected chi connectivity index (χ4v) is 1.95. The summed E-state index contributed by atoms with van der Waals surface area (Å²) in [7, 11) is 0. The molecule has 0 aliphatic carbocycles. The molecule has 1 nitrogen and oxygen atoms in total. The molecule has 0 N–H and O–H groups in total. The molecule has 0 unspecified atom stereocenters. The van der Waals surface area contributed by atoms with Crippen molar-refractivity contribution in [2.45, 2.75) is 0 Å². The molecule has 2 rings (SSSR count). The monoisotopic (exact) mass is 276 g/mol. The Morgan fingerprint density at radius 3 is 2.17 bits per heavy atom. The van der Waals surface area contributed by atoms with Crippen LogP contribution in [0, 0.1) is 0 Å². The maximum absolute atomic E-state index is 11.9. The van der Waals surface area contributed by atoms with Crippen LogP contribution < -0.4 is 0 Å². The van der Waals surface area contributed by atoms with Crippen molar-refractivity contribution in [1.29, 1.82) is 0 Å². The van der Waals surface area contributed by atoms with Crippen molar-refractivity contribution >= 4 is 35.1 Å². The number of allylic oxidation sites excluding steroid dienone is 1. The topological polar surface area (TPSA) is 17.1 Å². The van der Waals surface area contributed by atoms with Gasteiger partial charge in [-0.3, -0.25) is 4.79 Å². The van der Waals surface area contributed by atoms with E-state index in [9.17, 15) is 4.79 Å². The van der Waals surface area contributed by atoms with Gasteiger partial charge in [0.15, 0.2) is 5.78 Å². The van der Waals surface area contributed by atoms with Crippen molar-refractivity contribution < 1.29 is 4.79 Å². The lowest BCUT2D eigenvalue weighted by Crippen LogP contribution is -1.94. The van der Waals surface area contributed by atoms with Crippen molar-refractivity contribution in [2.75, 3.05) is 0 Å². The lowest BCUT2D eigenvalue weighted by molar-refractivity contribution is 0.104. The van der Waals surface area contributed by atoms with Gasteiger partial charge in [-0.2, -0.15) is 0 Å². The minimum absolute atomic E-state index is 0.138. The SMILES string of the molecule is O=C(/C=C/c1ccccc1Cl)c1ccccc1Cl. The molecule has 2 aromatic rings. The van der Waals surface area contributed by atoms with Crippen molar-refractivity contribution in [3.63, 3.8) is 0 Å². The highest BCUT2D eigenvalue weighted by atomic mass is 35.5. The van der Waals surface area contributed by atoms with Crippen molar-refractivity contribution in [2.24, 2.45) is 0 Å². The number of carbonyl (C=O) groups excluding carboxylic acids is 1. The molecule has 0 aliphatic rings. The van der Waals surface area contributed by atoms with Crippen LogP contribution in [0.2, 0.25) is 10.0 Å². The number of hydrogen-bond acceptors (Lipinski definition) is 1. The molecule has 0 spiro atoms. The minimum Gasteiger partial charge on any atom is -0.289 e. The average Bonchev–Trinajstić information content (AvgIpc) is 2.38. The van der Waals surface area contributed by atoms with E-state index in [4.69, 9.17) is 23.2 Å². The molecular weight excluding hydrogens is 267 g/mol. The maximum Gasteiger partial charge on any atom is 0.187 e. The van der Waals surface area contributed by atoms with E-state index < -0.39 is 0 Å². The molecule has 0 aliphatic heterocycles. The van der Waals surface area contributed by atoms with Crippen LogP contribution in [0.25, 0.3) is 6.08 Å². The standard InChI is InChI=1S/C15H10Cl2O/c16-13-7-3-1-5-11(13)9-10-15(18)12-6-2-4-8-14(12)17/h1-10H/b10-9+. The second kappa shape index (κ2) is 5.85. The highest BCUT2D eigenvalue weighted by Gasteiger charge is 2.05. The quantitative estimate of drug-likeness (QED) is 0.576. The molecule has 0 heterocycles. The first-order valence-corrected chi connectivity index (χ1v) is 6.15. The Kier molecular flexibility index (Phi) is 4.19. The first kappa shape index (κ1) is 12.9. The van der Waals surface area contributed by atoms with Crippen molar-refractivity contribution in [3.05, 3.63) is 75.8 Å². The second-order valence-corrected chi connectivity index (χ2v) is 4.51. The highest BCUT2D eigenvalue weighted by molar-refractivity contribution is 6.35. The zero-order valence-corrected chi connectivity index (χ0v) is 10.9. The van der Waals surface area contributed by atoms with Gasteiger partial charge in [-0.05, 0) is 35.9 Å². The molecule has 2 aromatic carbocycles. The van der Waals surface area contributed by atoms with Crippen LogP contribution in [0.4, 0.5) is 0 Å². The fourth-order valence-electron chi connectivity index (χ4n) is 1.53. The second-order valence-electron chi connectivity index (χ2n) is 3.70. The molecule has 0 amide bonds. The Bertz CT molecular complexity index is 603. The van der Waals surface area contributed by atoms with Gasteiger partial charge < -0.3 is 0 Å². The van der Waals surface area contributed by atoms with Crippen LogP contribution in [0.3, 0.4) is 0 Å². The van der Waals surface area contributed by atoms with E-state index in [0.29, 0.717) is 15.6 Å². The van der Waals surface area contributed by atoms with Crippen LogP contribution in [0.5, 0.6) is 0 Å². The third-order valence-corrected chi connectivity index (χ3v) is 3.13. The molecule has 0 radical (unpaired) electrons. The summed E-state index contributed by atoms with van der Waals surface area (Å²) in [6.07, 6.45) is 3.16. The number of rotatable bonds is 3. The Morgan fingerprint density at radius 2 is 1.50 bits per heavy atom. The predicted octanol–water partition coefficient (Wildman–Crippen LogP) is 4.89. The lowest BCUT2D eigenvalue weighted by Gasteiger charge is -1.99. The number of benzene rings is 2. The summed E-state index contributed by atoms with van der Waals surface area (Å²) in [5.74, 6) is -0.138. The minimum atomic E-state index is -0.138. The van der Waals surface area contributed by atoms with Gasteiger partial charge in [-0.25, -0.2) is 0 Å². The zero-order chi connectivity index (χ0) is 13.0. The summed E-state index contributed by atoms with van der Waals surface area (Å²) in [5.41, 5.74) is 1.29. The van der Waals surface area contributed by atoms with Crippen molar-refractivity contribution in [3.8, 4) is 0 Å². The Hall–Kier alpha value is -1.57. The third-order valence-electron chi connectivity index (χ3n) is 2.46. The average molecular weight is 277 g/mol. The first-order chi connectivity index (χ1) is 8.68. The fraction of sp³-hybridized carbons (Fsp3) is 0. The van der Waals surface area contributed by atoms with E-state index in [1.54, 1.807) is 36.4 Å². The van der Waals surface area contributed by atoms with Gasteiger partial charge in [0, 0.05) is 10.6 Å². The van der Waals surface area contributed by atoms with Gasteiger partial charge in [-0.15, -0.1) is 0 Å². The maximum atomic E-state index is 11.9. The smallest absolute Gasteiger partial charge is 0.187 e. The first-order valence-electron chi connectivity index (χ1n) is 5.40. The van der Waals surface area contributed by atoms with E-state index in [1.165, 1.54) is 6.08 Å². The molecule has 18 heavy (non-hydrogen) atoms. The van der Waals surface area contributed by atoms with Crippen LogP contribution in [0.1, 0.15) is 15.9 Å². The summed E-state index contributed by atoms with van der Waals surface area (Å²) in [4.78, 5) is 11.9. The van der Waals surface area contributed by atoms with Gasteiger partial charge in [0.05, 0.1) is 5.02 Å². The summed E-state index contributed by atoms with van der Waals surface area (Å²) < 4.78 is 0. The van der Waals surface area contributed by atoms with Gasteiger partial charge in [0.25, 0.3) is 0 Å². The number of halogens is 2. The van der Waals surface area contributed by atoms with Crippen LogP contribution >= 0.6 is 23.2 Å². The van der Waals surface area contributed by atoms with Crippen LogP contribution in [-0.2, 0) is 0 Å². The number of hydrogen-bond donors (Lipinski definition) is 0. The van der Waals surface area contributed by atoms with E-state index in [0.717, 1.165) is 5.56 Å². The molecule has 0 saturated heterocycles. The summed E-state index contributed by atoms with van der Waals surface area (Å²) in [6.45, 7) is 0. The predicted molar refractivity (Wildman–Crippen MR) is 76.3 cm³/mol. The summed E-state index contributed by atoms with van der Waals surface area (Å²) >= 11 is 11.9. The van der Waals surface area contributed by atoms with E-state index in [1.807, 2.05) is 18.2 Å². The van der Waals surface area contributed by atoms with Gasteiger partial charge in [0.1, 0.15) is 0 Å². The van der Waals surface area contributed by atoms with Gasteiger partial charge in [0.2, 0.25) is 0 Å². The third kappa shape index (κ3) is 3.00. The molecule has 0 saturated carbocycles. The largest absolute Gasteiger partial charge is 0.289 e. The number of carbonyl (C=O) groups is 1. The highest BCUT2D eigenvalue weighted by Crippen LogP contribution is 2.19. The van der Waals surface area contributed by atoms with Crippen LogP contribution in [-0.4, -0.2) is 5.78 Å². The molecule has 3 heteroatoms. The Labute approximate surface area is 116 Å². The lowest BCUT2D eigenvalue weighted by atomic mass is 10.1. The van der Waals surface area contributed by atoms with Gasteiger partial charge in [-0.1, -0.05) is 53.5 Å². The molecule has 0 atom stereocenters. The van der Waals surface area contributed by atoms with E-state index >= 15 is 0 Å². The summed E-state index contributed by atoms with van der Waals surface area (Å²) in [5, 5.41) is 1.06. The summed E-state index contributed by atoms with van der Waals surface area (Å²) in [6, 6.07) is 14.3. The van der Waals surface area contributed by atoms with E-state index in [2.05, 4.69) is 0 Å².